The quantitative estimate of drug-likeness (QED) is 0.764. The van der Waals surface area contributed by atoms with Crippen LogP contribution < -0.4 is 14.8 Å². The number of hydrogen-bond acceptors (Lipinski definition) is 6. The zero-order chi connectivity index (χ0) is 19.7. The van der Waals surface area contributed by atoms with Crippen LogP contribution in [0.5, 0.6) is 23.0 Å². The number of rotatable bonds is 4. The van der Waals surface area contributed by atoms with Crippen molar-refractivity contribution in [1.82, 2.24) is 5.32 Å². The van der Waals surface area contributed by atoms with Gasteiger partial charge < -0.3 is 25.0 Å². The fourth-order valence-electron chi connectivity index (χ4n) is 3.85. The van der Waals surface area contributed by atoms with E-state index in [0.717, 1.165) is 0 Å². The number of para-hydroxylation sites is 2. The van der Waals surface area contributed by atoms with E-state index in [1.54, 1.807) is 36.4 Å². The summed E-state index contributed by atoms with van der Waals surface area (Å²) in [5.74, 6) is 0.111. The minimum absolute atomic E-state index is 0.0142. The summed E-state index contributed by atoms with van der Waals surface area (Å²) in [5, 5.41) is 24.6. The first-order chi connectivity index (χ1) is 12.9. The summed E-state index contributed by atoms with van der Waals surface area (Å²) < 4.78 is 10.4. The molecule has 27 heavy (non-hydrogen) atoms. The average molecular weight is 371 g/mol. The molecule has 6 heteroatoms. The highest BCUT2D eigenvalue weighted by Crippen LogP contribution is 2.45. The maximum absolute atomic E-state index is 13.0. The maximum atomic E-state index is 13.0. The Morgan fingerprint density at radius 3 is 1.59 bits per heavy atom. The molecule has 0 saturated carbocycles. The predicted molar refractivity (Wildman–Crippen MR) is 101 cm³/mol. The molecule has 2 aromatic rings. The van der Waals surface area contributed by atoms with Crippen LogP contribution in [0.4, 0.5) is 0 Å². The van der Waals surface area contributed by atoms with Crippen LogP contribution in [-0.4, -0.2) is 30.2 Å². The third-order valence-electron chi connectivity index (χ3n) is 5.43. The van der Waals surface area contributed by atoms with Crippen molar-refractivity contribution in [3.05, 3.63) is 47.5 Å². The Kier molecular flexibility index (Phi) is 5.28. The Bertz CT molecular complexity index is 783. The van der Waals surface area contributed by atoms with E-state index >= 15 is 0 Å². The molecule has 1 fully saturated rings. The Morgan fingerprint density at radius 2 is 1.22 bits per heavy atom. The summed E-state index contributed by atoms with van der Waals surface area (Å²) >= 11 is 0. The SMILES string of the molecule is COc1cccc([C@H]2N[C@@H](c3cccc(OC)c3O)[C@H](C)C(=O)[C@@H]2C)c1O. The zero-order valence-corrected chi connectivity index (χ0v) is 15.9. The fraction of sp³-hybridized carbons (Fsp3) is 0.381. The van der Waals surface area contributed by atoms with Gasteiger partial charge in [-0.3, -0.25) is 4.79 Å². The van der Waals surface area contributed by atoms with Crippen molar-refractivity contribution in [2.24, 2.45) is 11.8 Å². The van der Waals surface area contributed by atoms with E-state index in [4.69, 9.17) is 9.47 Å². The van der Waals surface area contributed by atoms with Gasteiger partial charge in [-0.05, 0) is 12.1 Å². The van der Waals surface area contributed by atoms with Gasteiger partial charge in [-0.2, -0.15) is 0 Å². The Labute approximate surface area is 158 Å². The van der Waals surface area contributed by atoms with Crippen molar-refractivity contribution in [3.63, 3.8) is 0 Å². The van der Waals surface area contributed by atoms with Crippen LogP contribution in [0.2, 0.25) is 0 Å². The van der Waals surface area contributed by atoms with E-state index in [2.05, 4.69) is 5.32 Å². The maximum Gasteiger partial charge on any atom is 0.162 e. The van der Waals surface area contributed by atoms with E-state index in [1.165, 1.54) is 14.2 Å². The van der Waals surface area contributed by atoms with Crippen LogP contribution >= 0.6 is 0 Å². The lowest BCUT2D eigenvalue weighted by Gasteiger charge is -2.40. The van der Waals surface area contributed by atoms with E-state index in [-0.39, 0.29) is 29.1 Å². The number of piperidine rings is 1. The van der Waals surface area contributed by atoms with E-state index in [1.807, 2.05) is 13.8 Å². The van der Waals surface area contributed by atoms with Crippen molar-refractivity contribution in [1.29, 1.82) is 0 Å². The zero-order valence-electron chi connectivity index (χ0n) is 15.9. The summed E-state index contributed by atoms with van der Waals surface area (Å²) in [6, 6.07) is 9.62. The van der Waals surface area contributed by atoms with Gasteiger partial charge in [0.25, 0.3) is 0 Å². The van der Waals surface area contributed by atoms with Gasteiger partial charge >= 0.3 is 0 Å². The van der Waals surface area contributed by atoms with E-state index in [0.29, 0.717) is 22.6 Å². The molecule has 6 nitrogen and oxygen atoms in total. The molecule has 0 aliphatic carbocycles. The summed E-state index contributed by atoms with van der Waals surface area (Å²) in [6.45, 7) is 3.69. The minimum Gasteiger partial charge on any atom is -0.504 e. The van der Waals surface area contributed by atoms with Gasteiger partial charge in [-0.25, -0.2) is 0 Å². The number of ketones is 1. The van der Waals surface area contributed by atoms with Crippen LogP contribution in [0.15, 0.2) is 36.4 Å². The first kappa shape index (κ1) is 19.0. The van der Waals surface area contributed by atoms with Crippen LogP contribution in [0.25, 0.3) is 0 Å². The summed E-state index contributed by atoms with van der Waals surface area (Å²) in [5.41, 5.74) is 1.18. The predicted octanol–water partition coefficient (Wildman–Crippen LogP) is 3.34. The second-order valence-electron chi connectivity index (χ2n) is 6.90. The highest BCUT2D eigenvalue weighted by atomic mass is 16.5. The summed E-state index contributed by atoms with van der Waals surface area (Å²) in [4.78, 5) is 13.0. The van der Waals surface area contributed by atoms with Crippen molar-refractivity contribution in [2.75, 3.05) is 14.2 Å². The van der Waals surface area contributed by atoms with Gasteiger partial charge in [0.05, 0.1) is 14.2 Å². The Balaban J connectivity index is 2.05. The molecule has 0 amide bonds. The number of carbonyl (C=O) groups is 1. The fourth-order valence-corrected chi connectivity index (χ4v) is 3.85. The number of Topliss-reactive ketones (excluding diaryl/α,β-unsaturated/α-hetero) is 1. The molecule has 0 aromatic heterocycles. The monoisotopic (exact) mass is 371 g/mol. The molecule has 1 aliphatic rings. The van der Waals surface area contributed by atoms with Gasteiger partial charge in [-0.1, -0.05) is 38.1 Å². The Morgan fingerprint density at radius 1 is 0.815 bits per heavy atom. The lowest BCUT2D eigenvalue weighted by molar-refractivity contribution is -0.130. The van der Waals surface area contributed by atoms with E-state index in [9.17, 15) is 15.0 Å². The molecular weight excluding hydrogens is 346 g/mol. The van der Waals surface area contributed by atoms with Crippen LogP contribution in [0.3, 0.4) is 0 Å². The first-order valence-corrected chi connectivity index (χ1v) is 8.92. The number of phenolic OH excluding ortho intramolecular Hbond substituents is 2. The molecule has 2 aromatic carbocycles. The standard InChI is InChI=1S/C21H25NO5/c1-11-17(13-7-5-9-15(26-3)20(13)24)22-18(12(2)19(11)23)14-8-6-10-16(27-4)21(14)25/h5-12,17-18,22,24-25H,1-4H3/t11-,12+,17+,18-. The van der Waals surface area contributed by atoms with Crippen LogP contribution in [0.1, 0.15) is 37.1 Å². The van der Waals surface area contributed by atoms with Crippen molar-refractivity contribution >= 4 is 5.78 Å². The second kappa shape index (κ2) is 7.48. The van der Waals surface area contributed by atoms with E-state index < -0.39 is 12.1 Å². The summed E-state index contributed by atoms with van der Waals surface area (Å²) in [7, 11) is 2.97. The third kappa shape index (κ3) is 3.21. The highest BCUT2D eigenvalue weighted by Gasteiger charge is 2.42. The average Bonchev–Trinajstić information content (AvgIpc) is 2.68. The van der Waals surface area contributed by atoms with Crippen LogP contribution in [-0.2, 0) is 4.79 Å². The molecule has 0 radical (unpaired) electrons. The number of carbonyl (C=O) groups excluding carboxylic acids is 1. The second-order valence-corrected chi connectivity index (χ2v) is 6.90. The summed E-state index contributed by atoms with van der Waals surface area (Å²) in [6.07, 6.45) is 0. The number of aromatic hydroxyl groups is 2. The topological polar surface area (TPSA) is 88.0 Å². The number of benzene rings is 2. The molecule has 4 atom stereocenters. The molecule has 3 rings (SSSR count). The van der Waals surface area contributed by atoms with Gasteiger partial charge in [-0.15, -0.1) is 0 Å². The minimum atomic E-state index is -0.417. The third-order valence-corrected chi connectivity index (χ3v) is 5.43. The molecule has 1 heterocycles. The van der Waals surface area contributed by atoms with Crippen LogP contribution in [0, 0.1) is 11.8 Å². The van der Waals surface area contributed by atoms with Crippen molar-refractivity contribution in [3.8, 4) is 23.0 Å². The molecular formula is C21H25NO5. The molecule has 1 saturated heterocycles. The molecule has 1 aliphatic heterocycles. The smallest absolute Gasteiger partial charge is 0.162 e. The van der Waals surface area contributed by atoms with Gasteiger partial charge in [0.2, 0.25) is 0 Å². The molecule has 3 N–H and O–H groups in total. The molecule has 0 spiro atoms. The van der Waals surface area contributed by atoms with Crippen molar-refractivity contribution in [2.45, 2.75) is 25.9 Å². The number of hydrogen-bond donors (Lipinski definition) is 3. The largest absolute Gasteiger partial charge is 0.504 e. The normalized spacial score (nSPS) is 25.3. The van der Waals surface area contributed by atoms with Gasteiger partial charge in [0, 0.05) is 35.0 Å². The molecule has 0 unspecified atom stereocenters. The molecule has 144 valence electrons. The number of ether oxygens (including phenoxy) is 2. The number of nitrogens with one attached hydrogen (secondary N) is 1. The Hall–Kier alpha value is -2.73. The van der Waals surface area contributed by atoms with Gasteiger partial charge in [0.1, 0.15) is 5.78 Å². The lowest BCUT2D eigenvalue weighted by atomic mass is 9.76. The lowest BCUT2D eigenvalue weighted by Crippen LogP contribution is -2.46. The van der Waals surface area contributed by atoms with Crippen molar-refractivity contribution < 1.29 is 24.5 Å². The van der Waals surface area contributed by atoms with Gasteiger partial charge in [0.15, 0.2) is 23.0 Å². The number of phenols is 2. The first-order valence-electron chi connectivity index (χ1n) is 8.92. The molecule has 0 bridgehead atoms. The number of methoxy groups -OCH3 is 2. The highest BCUT2D eigenvalue weighted by molar-refractivity contribution is 5.86.